The van der Waals surface area contributed by atoms with Crippen LogP contribution in [0.3, 0.4) is 0 Å². The van der Waals surface area contributed by atoms with Crippen LogP contribution in [-0.4, -0.2) is 9.51 Å². The van der Waals surface area contributed by atoms with Crippen LogP contribution in [0.4, 0.5) is 5.82 Å². The Labute approximate surface area is 61.3 Å². The number of aromatic hydroxyl groups is 1. The molecular formula is C6H6N2OS. The summed E-state index contributed by atoms with van der Waals surface area (Å²) in [7, 11) is 0. The molecule has 3 nitrogen and oxygen atoms in total. The second-order valence-corrected chi connectivity index (χ2v) is 3.02. The zero-order chi connectivity index (χ0) is 7.14. The number of nitrogen functional groups attached to an aromatic ring is 1. The Bertz CT molecular complexity index is 363. The van der Waals surface area contributed by atoms with Gasteiger partial charge in [0, 0.05) is 6.20 Å². The fraction of sp³-hybridized carbons (Fsp3) is 0. The molecule has 10 heavy (non-hydrogen) atoms. The van der Waals surface area contributed by atoms with Crippen molar-refractivity contribution in [1.82, 2.24) is 4.40 Å². The molecule has 0 spiro atoms. The maximum absolute atomic E-state index is 9.10. The summed E-state index contributed by atoms with van der Waals surface area (Å²) < 4.78 is 1.75. The van der Waals surface area contributed by atoms with Crippen LogP contribution in [0.1, 0.15) is 0 Å². The van der Waals surface area contributed by atoms with Crippen molar-refractivity contribution in [1.29, 1.82) is 0 Å². The first kappa shape index (κ1) is 5.61. The number of nitrogens with two attached hydrogens (primary N) is 1. The Morgan fingerprint density at radius 3 is 3.10 bits per heavy atom. The maximum atomic E-state index is 9.10. The number of hydrogen-bond acceptors (Lipinski definition) is 3. The van der Waals surface area contributed by atoms with E-state index in [4.69, 9.17) is 10.8 Å². The van der Waals surface area contributed by atoms with Gasteiger partial charge in [-0.25, -0.2) is 0 Å². The van der Waals surface area contributed by atoms with Gasteiger partial charge < -0.3 is 10.8 Å². The summed E-state index contributed by atoms with van der Waals surface area (Å²) in [5.41, 5.74) is 5.51. The van der Waals surface area contributed by atoms with Gasteiger partial charge in [-0.3, -0.25) is 4.40 Å². The van der Waals surface area contributed by atoms with Gasteiger partial charge in [0.05, 0.1) is 0 Å². The zero-order valence-corrected chi connectivity index (χ0v) is 5.93. The number of nitrogens with zero attached hydrogens (tertiary/aromatic N) is 1. The molecule has 0 saturated heterocycles. The van der Waals surface area contributed by atoms with Gasteiger partial charge in [0.25, 0.3) is 0 Å². The Hall–Kier alpha value is -1.16. The number of rotatable bonds is 0. The molecule has 0 bridgehead atoms. The van der Waals surface area contributed by atoms with Crippen molar-refractivity contribution in [3.05, 3.63) is 18.3 Å². The third-order valence-corrected chi connectivity index (χ3v) is 2.34. The van der Waals surface area contributed by atoms with Crippen molar-refractivity contribution in [2.45, 2.75) is 0 Å². The van der Waals surface area contributed by atoms with Crippen LogP contribution in [0.15, 0.2) is 18.3 Å². The molecule has 0 aliphatic carbocycles. The standard InChI is InChI=1S/C6H6N2OS/c7-5-6(9)10-4-2-1-3-8(4)5/h1-3,9H,7H2. The van der Waals surface area contributed by atoms with Crippen molar-refractivity contribution in [2.24, 2.45) is 0 Å². The quantitative estimate of drug-likeness (QED) is 0.600. The van der Waals surface area contributed by atoms with E-state index in [1.54, 1.807) is 4.40 Å². The Morgan fingerprint density at radius 1 is 1.60 bits per heavy atom. The second-order valence-electron chi connectivity index (χ2n) is 2.01. The lowest BCUT2D eigenvalue weighted by Crippen LogP contribution is -1.88. The van der Waals surface area contributed by atoms with Gasteiger partial charge in [-0.2, -0.15) is 0 Å². The predicted octanol–water partition coefficient (Wildman–Crippen LogP) is 1.29. The molecule has 0 radical (unpaired) electrons. The minimum absolute atomic E-state index is 0.190. The summed E-state index contributed by atoms with van der Waals surface area (Å²) in [4.78, 5) is 0.968. The van der Waals surface area contributed by atoms with E-state index in [1.807, 2.05) is 18.3 Å². The van der Waals surface area contributed by atoms with Crippen molar-refractivity contribution < 1.29 is 5.11 Å². The number of fused-ring (bicyclic) bond motifs is 1. The SMILES string of the molecule is Nc1c(O)sc2cccn12. The van der Waals surface area contributed by atoms with E-state index < -0.39 is 0 Å². The molecule has 0 aliphatic rings. The highest BCUT2D eigenvalue weighted by molar-refractivity contribution is 7.19. The lowest BCUT2D eigenvalue weighted by atomic mass is 10.7. The van der Waals surface area contributed by atoms with Crippen LogP contribution < -0.4 is 5.73 Å². The van der Waals surface area contributed by atoms with E-state index in [0.717, 1.165) is 4.83 Å². The highest BCUT2D eigenvalue weighted by Gasteiger charge is 2.04. The summed E-state index contributed by atoms with van der Waals surface area (Å²) in [5.74, 6) is 0.421. The van der Waals surface area contributed by atoms with Gasteiger partial charge in [0.1, 0.15) is 4.83 Å². The van der Waals surface area contributed by atoms with E-state index in [9.17, 15) is 0 Å². The Kier molecular flexibility index (Phi) is 0.935. The molecule has 0 amide bonds. The summed E-state index contributed by atoms with van der Waals surface area (Å²) in [6, 6.07) is 3.79. The van der Waals surface area contributed by atoms with Crippen LogP contribution in [-0.2, 0) is 0 Å². The largest absolute Gasteiger partial charge is 0.497 e. The van der Waals surface area contributed by atoms with E-state index >= 15 is 0 Å². The monoisotopic (exact) mass is 154 g/mol. The van der Waals surface area contributed by atoms with Gasteiger partial charge >= 0.3 is 0 Å². The first-order valence-corrected chi connectivity index (χ1v) is 3.65. The smallest absolute Gasteiger partial charge is 0.215 e. The van der Waals surface area contributed by atoms with Gasteiger partial charge in [-0.05, 0) is 12.1 Å². The highest BCUT2D eigenvalue weighted by Crippen LogP contribution is 2.31. The molecule has 4 heteroatoms. The fourth-order valence-corrected chi connectivity index (χ4v) is 1.71. The van der Waals surface area contributed by atoms with Gasteiger partial charge in [-0.1, -0.05) is 11.3 Å². The van der Waals surface area contributed by atoms with E-state index in [2.05, 4.69) is 0 Å². The highest BCUT2D eigenvalue weighted by atomic mass is 32.1. The number of aromatic nitrogens is 1. The normalized spacial score (nSPS) is 10.8. The fourth-order valence-electron chi connectivity index (χ4n) is 0.902. The Morgan fingerprint density at radius 2 is 2.40 bits per heavy atom. The number of hydrogen-bond donors (Lipinski definition) is 2. The van der Waals surface area contributed by atoms with Crippen LogP contribution in [0.5, 0.6) is 5.06 Å². The molecule has 0 atom stereocenters. The minimum atomic E-state index is 0.190. The van der Waals surface area contributed by atoms with Crippen LogP contribution in [0.2, 0.25) is 0 Å². The topological polar surface area (TPSA) is 50.7 Å². The average molecular weight is 154 g/mol. The molecule has 0 saturated carbocycles. The molecule has 52 valence electrons. The molecule has 2 rings (SSSR count). The van der Waals surface area contributed by atoms with Gasteiger partial charge in [-0.15, -0.1) is 0 Å². The molecule has 0 fully saturated rings. The molecular weight excluding hydrogens is 148 g/mol. The van der Waals surface area contributed by atoms with Crippen LogP contribution >= 0.6 is 11.3 Å². The third kappa shape index (κ3) is 0.537. The van der Waals surface area contributed by atoms with E-state index in [-0.39, 0.29) is 5.06 Å². The summed E-state index contributed by atoms with van der Waals surface area (Å²) >= 11 is 1.28. The third-order valence-electron chi connectivity index (χ3n) is 1.39. The molecule has 0 unspecified atom stereocenters. The molecule has 2 heterocycles. The molecule has 0 aromatic carbocycles. The first-order chi connectivity index (χ1) is 4.79. The maximum Gasteiger partial charge on any atom is 0.215 e. The predicted molar refractivity (Wildman–Crippen MR) is 41.4 cm³/mol. The molecule has 3 N–H and O–H groups in total. The van der Waals surface area contributed by atoms with Crippen molar-refractivity contribution in [3.8, 4) is 5.06 Å². The lowest BCUT2D eigenvalue weighted by Gasteiger charge is -1.87. The van der Waals surface area contributed by atoms with Crippen molar-refractivity contribution in [3.63, 3.8) is 0 Å². The van der Waals surface area contributed by atoms with Crippen molar-refractivity contribution >= 4 is 22.0 Å². The van der Waals surface area contributed by atoms with Crippen molar-refractivity contribution in [2.75, 3.05) is 5.73 Å². The first-order valence-electron chi connectivity index (χ1n) is 2.83. The lowest BCUT2D eigenvalue weighted by molar-refractivity contribution is 0.491. The Balaban J connectivity index is 2.95. The van der Waals surface area contributed by atoms with Crippen LogP contribution in [0.25, 0.3) is 4.83 Å². The average Bonchev–Trinajstić information content (AvgIpc) is 2.41. The number of thiazole rings is 1. The van der Waals surface area contributed by atoms with Crippen LogP contribution in [0, 0.1) is 0 Å². The van der Waals surface area contributed by atoms with Gasteiger partial charge in [0.2, 0.25) is 5.06 Å². The molecule has 2 aromatic rings. The van der Waals surface area contributed by atoms with Gasteiger partial charge in [0.15, 0.2) is 5.82 Å². The van der Waals surface area contributed by atoms with E-state index in [1.165, 1.54) is 11.3 Å². The minimum Gasteiger partial charge on any atom is -0.497 e. The number of anilines is 1. The molecule has 0 aliphatic heterocycles. The van der Waals surface area contributed by atoms with E-state index in [0.29, 0.717) is 5.82 Å². The summed E-state index contributed by atoms with van der Waals surface area (Å²) in [6.07, 6.45) is 1.82. The summed E-state index contributed by atoms with van der Waals surface area (Å²) in [5, 5.41) is 9.30. The zero-order valence-electron chi connectivity index (χ0n) is 5.11. The molecule has 2 aromatic heterocycles. The second kappa shape index (κ2) is 1.67. The summed E-state index contributed by atoms with van der Waals surface area (Å²) in [6.45, 7) is 0.